The van der Waals surface area contributed by atoms with Gasteiger partial charge in [0.05, 0.1) is 11.2 Å². The van der Waals surface area contributed by atoms with Gasteiger partial charge in [0.2, 0.25) is 6.71 Å². The first-order valence-corrected chi connectivity index (χ1v) is 16.9. The van der Waals surface area contributed by atoms with E-state index in [9.17, 15) is 0 Å². The predicted octanol–water partition coefficient (Wildman–Crippen LogP) is 9.33. The molecule has 2 unspecified atom stereocenters. The molecule has 0 aromatic heterocycles. The second-order valence-corrected chi connectivity index (χ2v) is 14.3. The van der Waals surface area contributed by atoms with E-state index in [-0.39, 0.29) is 11.0 Å². The smallest absolute Gasteiger partial charge is 0.247 e. The number of hydrogen-bond donors (Lipinski definition) is 0. The Kier molecular flexibility index (Phi) is 5.18. The number of anilines is 4. The van der Waals surface area contributed by atoms with Crippen LogP contribution in [0.2, 0.25) is 0 Å². The fourth-order valence-corrected chi connectivity index (χ4v) is 10.1. The fraction of sp³-hybridized carbons (Fsp3) is 0.238. The van der Waals surface area contributed by atoms with Crippen LogP contribution in [0.25, 0.3) is 16.3 Å². The highest BCUT2D eigenvalue weighted by Crippen LogP contribution is 2.62. The lowest BCUT2D eigenvalue weighted by molar-refractivity contribution is 0.190. The van der Waals surface area contributed by atoms with Crippen LogP contribution in [0.5, 0.6) is 0 Å². The summed E-state index contributed by atoms with van der Waals surface area (Å²) < 4.78 is 0. The molecular weight excluding hydrogens is 543 g/mol. The van der Waals surface area contributed by atoms with Gasteiger partial charge in [-0.05, 0) is 96.0 Å². The molecule has 10 rings (SSSR count). The van der Waals surface area contributed by atoms with Gasteiger partial charge in [0.25, 0.3) is 0 Å². The monoisotopic (exact) mass is 580 g/mol. The van der Waals surface area contributed by atoms with Gasteiger partial charge in [-0.3, -0.25) is 0 Å². The van der Waals surface area contributed by atoms with Gasteiger partial charge in [-0.2, -0.15) is 0 Å². The van der Waals surface area contributed by atoms with Crippen LogP contribution in [0.1, 0.15) is 63.5 Å². The van der Waals surface area contributed by atoms with Crippen LogP contribution in [-0.2, 0) is 5.41 Å². The first kappa shape index (κ1) is 25.8. The number of rotatable bonds is 3. The summed E-state index contributed by atoms with van der Waals surface area (Å²) in [5.41, 5.74) is 16.2. The van der Waals surface area contributed by atoms with E-state index in [0.717, 1.165) is 12.8 Å². The largest absolute Gasteiger partial charge is 0.339 e. The Balaban J connectivity index is 1.20. The third-order valence-corrected chi connectivity index (χ3v) is 12.3. The van der Waals surface area contributed by atoms with Crippen molar-refractivity contribution in [1.82, 2.24) is 0 Å². The standard InChI is InChI=1S/C42H37BN2/c1-41-25-8-9-26-42(41,2)45-38-22-11-18-32-33-27-30(23-24-35(33)43(39(32)38)36-20-12-19-34(41)40(36)45)44(29-15-4-3-5-16-29)37-21-10-14-28-13-6-7-17-31(28)37/h3-7,10,12-21,23-24,27H,8-9,11,22,25-26H2,1-2H3. The van der Waals surface area contributed by atoms with Crippen molar-refractivity contribution >= 4 is 56.7 Å². The van der Waals surface area contributed by atoms with Crippen molar-refractivity contribution in [3.8, 4) is 0 Å². The van der Waals surface area contributed by atoms with E-state index in [4.69, 9.17) is 0 Å². The van der Waals surface area contributed by atoms with Crippen LogP contribution >= 0.6 is 0 Å². The molecule has 0 amide bonds. The van der Waals surface area contributed by atoms with E-state index in [2.05, 4.69) is 139 Å². The summed E-state index contributed by atoms with van der Waals surface area (Å²) >= 11 is 0. The Hall–Kier alpha value is -4.50. The normalized spacial score (nSPS) is 23.8. The fourth-order valence-electron chi connectivity index (χ4n) is 10.1. The Morgan fingerprint density at radius 2 is 1.53 bits per heavy atom. The van der Waals surface area contributed by atoms with Crippen molar-refractivity contribution in [2.45, 2.75) is 63.3 Å². The van der Waals surface area contributed by atoms with Gasteiger partial charge < -0.3 is 9.80 Å². The molecule has 0 N–H and O–H groups in total. The summed E-state index contributed by atoms with van der Waals surface area (Å²) in [6, 6.07) is 40.9. The highest BCUT2D eigenvalue weighted by molar-refractivity contribution is 6.97. The number of nitrogens with zero attached hydrogens (tertiary/aromatic N) is 2. The number of benzene rings is 5. The summed E-state index contributed by atoms with van der Waals surface area (Å²) in [5.74, 6) is 0. The van der Waals surface area contributed by atoms with E-state index in [1.807, 2.05) is 0 Å². The van der Waals surface area contributed by atoms with Crippen LogP contribution in [-0.4, -0.2) is 12.3 Å². The van der Waals surface area contributed by atoms with Crippen LogP contribution in [0.4, 0.5) is 22.7 Å². The van der Waals surface area contributed by atoms with Crippen molar-refractivity contribution in [3.05, 3.63) is 138 Å². The van der Waals surface area contributed by atoms with Crippen LogP contribution in [0, 0.1) is 0 Å². The Bertz CT molecular complexity index is 2120. The second kappa shape index (κ2) is 9.04. The van der Waals surface area contributed by atoms with Gasteiger partial charge >= 0.3 is 0 Å². The summed E-state index contributed by atoms with van der Waals surface area (Å²) in [5, 5.41) is 2.53. The Morgan fingerprint density at radius 1 is 0.733 bits per heavy atom. The van der Waals surface area contributed by atoms with Gasteiger partial charge in [0, 0.05) is 33.6 Å². The average molecular weight is 581 g/mol. The molecule has 1 saturated carbocycles. The van der Waals surface area contributed by atoms with Crippen molar-refractivity contribution in [2.24, 2.45) is 0 Å². The van der Waals surface area contributed by atoms with Gasteiger partial charge in [0.15, 0.2) is 0 Å². The minimum atomic E-state index is 0.137. The first-order valence-electron chi connectivity index (χ1n) is 16.9. The van der Waals surface area contributed by atoms with Crippen LogP contribution in [0.3, 0.4) is 0 Å². The molecule has 1 fully saturated rings. The SMILES string of the molecule is CC12CCCCC1(C)N1C3=C4B(c5ccc(N(c6ccccc6)c6cccc7ccccc67)cc5C4=CCC3)c3cccc2c31. The first-order chi connectivity index (χ1) is 22.1. The molecule has 5 aliphatic rings. The maximum Gasteiger partial charge on any atom is 0.247 e. The van der Waals surface area contributed by atoms with E-state index in [0.29, 0.717) is 6.71 Å². The molecule has 5 aromatic carbocycles. The zero-order chi connectivity index (χ0) is 29.9. The van der Waals surface area contributed by atoms with E-state index >= 15 is 0 Å². The molecule has 3 heterocycles. The molecular formula is C42H37BN2. The van der Waals surface area contributed by atoms with Gasteiger partial charge in [0.1, 0.15) is 0 Å². The van der Waals surface area contributed by atoms with E-state index < -0.39 is 0 Å². The molecule has 0 saturated heterocycles. The molecule has 45 heavy (non-hydrogen) atoms. The van der Waals surface area contributed by atoms with Gasteiger partial charge in [-0.15, -0.1) is 0 Å². The van der Waals surface area contributed by atoms with E-state index in [1.165, 1.54) is 75.6 Å². The highest BCUT2D eigenvalue weighted by atomic mass is 15.3. The number of allylic oxidation sites excluding steroid dienone is 4. The van der Waals surface area contributed by atoms with E-state index in [1.54, 1.807) is 22.4 Å². The summed E-state index contributed by atoms with van der Waals surface area (Å²) in [7, 11) is 0. The molecule has 2 nitrogen and oxygen atoms in total. The maximum absolute atomic E-state index is 2.88. The number of para-hydroxylation sites is 2. The molecule has 0 radical (unpaired) electrons. The third-order valence-electron chi connectivity index (χ3n) is 12.3. The molecule has 3 heteroatoms. The Morgan fingerprint density at radius 3 is 2.44 bits per heavy atom. The predicted molar refractivity (Wildman–Crippen MR) is 191 cm³/mol. The quantitative estimate of drug-likeness (QED) is 0.196. The lowest BCUT2D eigenvalue weighted by atomic mass is 9.36. The molecule has 218 valence electrons. The van der Waals surface area contributed by atoms with Gasteiger partial charge in [-0.1, -0.05) is 110 Å². The average Bonchev–Trinajstić information content (AvgIpc) is 3.52. The van der Waals surface area contributed by atoms with Crippen molar-refractivity contribution in [2.75, 3.05) is 9.80 Å². The summed E-state index contributed by atoms with van der Waals surface area (Å²) in [6.45, 7) is 5.48. The lowest BCUT2D eigenvalue weighted by Crippen LogP contribution is -2.59. The van der Waals surface area contributed by atoms with Crippen LogP contribution < -0.4 is 20.7 Å². The Labute approximate surface area is 266 Å². The van der Waals surface area contributed by atoms with Crippen LogP contribution in [0.15, 0.2) is 126 Å². The minimum absolute atomic E-state index is 0.137. The van der Waals surface area contributed by atoms with Crippen molar-refractivity contribution in [1.29, 1.82) is 0 Å². The van der Waals surface area contributed by atoms with Crippen molar-refractivity contribution < 1.29 is 0 Å². The molecule has 2 atom stereocenters. The highest BCUT2D eigenvalue weighted by Gasteiger charge is 2.61. The third kappa shape index (κ3) is 3.21. The topological polar surface area (TPSA) is 6.48 Å². The molecule has 2 aliphatic carbocycles. The van der Waals surface area contributed by atoms with Gasteiger partial charge in [-0.25, -0.2) is 0 Å². The molecule has 5 aromatic rings. The lowest BCUT2D eigenvalue weighted by Gasteiger charge is -2.52. The summed E-state index contributed by atoms with van der Waals surface area (Å²) in [4.78, 5) is 5.34. The maximum atomic E-state index is 2.88. The minimum Gasteiger partial charge on any atom is -0.339 e. The zero-order valence-electron chi connectivity index (χ0n) is 26.2. The zero-order valence-corrected chi connectivity index (χ0v) is 26.2. The second-order valence-electron chi connectivity index (χ2n) is 14.3. The van der Waals surface area contributed by atoms with Crippen molar-refractivity contribution in [3.63, 3.8) is 0 Å². The number of fused-ring (bicyclic) bond motifs is 9. The molecule has 0 spiro atoms. The number of hydrogen-bond acceptors (Lipinski definition) is 2. The molecule has 3 aliphatic heterocycles. The molecule has 0 bridgehead atoms. The summed E-state index contributed by atoms with van der Waals surface area (Å²) in [6.07, 6.45) is 10.0.